The van der Waals surface area contributed by atoms with Crippen molar-refractivity contribution in [3.8, 4) is 0 Å². The van der Waals surface area contributed by atoms with E-state index >= 15 is 0 Å². The van der Waals surface area contributed by atoms with Gasteiger partial charge in [-0.1, -0.05) is 0 Å². The summed E-state index contributed by atoms with van der Waals surface area (Å²) in [5, 5.41) is 0. The average Bonchev–Trinajstić information content (AvgIpc) is 1.46. The summed E-state index contributed by atoms with van der Waals surface area (Å²) < 4.78 is 25.1. The molecule has 0 spiro atoms. The van der Waals surface area contributed by atoms with Crippen molar-refractivity contribution in [2.24, 2.45) is 0 Å². The molecule has 0 aliphatic carbocycles. The Morgan fingerprint density at radius 3 is 1.14 bits per heavy atom. The molecule has 0 aliphatic rings. The quantitative estimate of drug-likeness (QED) is 0.341. The molecule has 0 saturated heterocycles. The number of rotatable bonds is 0. The van der Waals surface area contributed by atoms with Crippen molar-refractivity contribution in [1.29, 1.82) is 0 Å². The van der Waals surface area contributed by atoms with Gasteiger partial charge in [0.05, 0.1) is 0 Å². The van der Waals surface area contributed by atoms with Crippen molar-refractivity contribution in [3.63, 3.8) is 0 Å². The van der Waals surface area contributed by atoms with Crippen LogP contribution in [0.1, 0.15) is 0 Å². The van der Waals surface area contributed by atoms with Crippen LogP contribution in [0.25, 0.3) is 0 Å². The van der Waals surface area contributed by atoms with Gasteiger partial charge in [-0.2, -0.15) is 0 Å². The first-order valence-corrected chi connectivity index (χ1v) is 2.09. The van der Waals surface area contributed by atoms with E-state index in [0.717, 1.165) is 0 Å². The van der Waals surface area contributed by atoms with Crippen molar-refractivity contribution in [2.75, 3.05) is 0 Å². The van der Waals surface area contributed by atoms with Gasteiger partial charge in [0.2, 0.25) is 0 Å². The molecule has 0 fully saturated rings. The molecule has 0 aromatic heterocycles. The summed E-state index contributed by atoms with van der Waals surface area (Å²) in [6.07, 6.45) is 0. The van der Waals surface area contributed by atoms with E-state index in [1.165, 1.54) is 0 Å². The zero-order chi connectivity index (χ0) is 4.71. The first kappa shape index (κ1) is 24.8. The van der Waals surface area contributed by atoms with Gasteiger partial charge < -0.3 is 5.48 Å². The van der Waals surface area contributed by atoms with Crippen molar-refractivity contribution < 1.29 is 18.2 Å². The first-order chi connectivity index (χ1) is 2.41. The second kappa shape index (κ2) is 67.5. The standard InChI is InChI=1S/Al.Mg.O2Si.H2O.O.3H/c;;1-3-2;;;;;/h;;;1H2;;;;. The fraction of sp³-hybridized carbons (Fsp3) is 0. The Morgan fingerprint density at radius 1 is 1.14 bits per heavy atom. The van der Waals surface area contributed by atoms with Crippen LogP contribution in [0.15, 0.2) is 0 Å². The molecule has 2 N–H and O–H groups in total. The van der Waals surface area contributed by atoms with Crippen LogP contribution in [0.3, 0.4) is 0 Å². The van der Waals surface area contributed by atoms with Gasteiger partial charge in [-0.05, 0) is 0 Å². The van der Waals surface area contributed by atoms with Gasteiger partial charge in [0.15, 0.2) is 0 Å². The van der Waals surface area contributed by atoms with Gasteiger partial charge in [-0.25, -0.2) is 0 Å². The summed E-state index contributed by atoms with van der Waals surface area (Å²) in [4.78, 5) is 0. The molecule has 0 bridgehead atoms. The van der Waals surface area contributed by atoms with Crippen molar-refractivity contribution in [3.05, 3.63) is 0 Å². The van der Waals surface area contributed by atoms with Gasteiger partial charge in [0.25, 0.3) is 0 Å². The minimum atomic E-state index is -1.42. The Bertz CT molecular complexity index is 41.0. The molecule has 7 heteroatoms. The van der Waals surface area contributed by atoms with E-state index in [4.69, 9.17) is 12.7 Å². The maximum atomic E-state index is 8.40. The second-order valence-electron chi connectivity index (χ2n) is 0.0833. The first-order valence-electron chi connectivity index (χ1n) is 0.697. The summed E-state index contributed by atoms with van der Waals surface area (Å²) in [5.74, 6) is 0. The van der Waals surface area contributed by atoms with Gasteiger partial charge >= 0.3 is 52.4 Å². The van der Waals surface area contributed by atoms with Gasteiger partial charge in [0.1, 0.15) is 0 Å². The Labute approximate surface area is 66.7 Å². The molecule has 4 nitrogen and oxygen atoms in total. The third-order valence-corrected chi connectivity index (χ3v) is 0. The molecule has 0 aliphatic heterocycles. The van der Waals surface area contributed by atoms with E-state index in [-0.39, 0.29) is 28.5 Å². The summed E-state index contributed by atoms with van der Waals surface area (Å²) in [6, 6.07) is 0. The van der Waals surface area contributed by atoms with Crippen LogP contribution < -0.4 is 0 Å². The topological polar surface area (TPSA) is 82.7 Å². The van der Waals surface area contributed by atoms with Gasteiger partial charge in [-0.3, -0.25) is 8.92 Å². The molecule has 7 heavy (non-hydrogen) atoms. The third kappa shape index (κ3) is 213. The molecule has 0 aromatic carbocycles. The van der Waals surface area contributed by atoms with Crippen LogP contribution in [-0.2, 0) is 12.7 Å². The molecule has 0 amide bonds. The zero-order valence-corrected chi connectivity index (χ0v) is 5.35. The Morgan fingerprint density at radius 2 is 1.14 bits per heavy atom. The average molecular weight is 148 g/mol. The number of hydrogen-bond donors (Lipinski definition) is 0. The summed E-state index contributed by atoms with van der Waals surface area (Å²) in [6.45, 7) is 0. The molecule has 0 saturated carbocycles. The van der Waals surface area contributed by atoms with E-state index in [0.29, 0.717) is 16.2 Å². The molecule has 0 aromatic rings. The molecule has 0 rings (SSSR count). The fourth-order valence-electron chi connectivity index (χ4n) is 0. The summed E-state index contributed by atoms with van der Waals surface area (Å²) in [7, 11) is -1.42. The van der Waals surface area contributed by atoms with E-state index in [1.54, 1.807) is 0 Å². The van der Waals surface area contributed by atoms with Crippen LogP contribution in [-0.4, -0.2) is 54.0 Å². The molecular weight excluding hydrogens is 143 g/mol. The predicted molar refractivity (Wildman–Crippen MR) is 27.1 cm³/mol. The van der Waals surface area contributed by atoms with Gasteiger partial charge in [-0.15, -0.1) is 0 Å². The second-order valence-corrected chi connectivity index (χ2v) is 0.250. The van der Waals surface area contributed by atoms with Crippen molar-refractivity contribution in [1.82, 2.24) is 0 Å². The number of hydrogen-bond acceptors (Lipinski definition) is 3. The molecular formula is H5AlMgO4Si. The normalized spacial score (nSPS) is 1.57. The van der Waals surface area contributed by atoms with Crippen molar-refractivity contribution >= 4 is 48.6 Å². The van der Waals surface area contributed by atoms with E-state index in [9.17, 15) is 0 Å². The van der Waals surface area contributed by atoms with E-state index < -0.39 is 9.29 Å². The van der Waals surface area contributed by atoms with E-state index in [2.05, 4.69) is 0 Å². The summed E-state index contributed by atoms with van der Waals surface area (Å²) in [5.41, 5.74) is 0. The van der Waals surface area contributed by atoms with Gasteiger partial charge in [0, 0.05) is 0 Å². The van der Waals surface area contributed by atoms with Crippen LogP contribution >= 0.6 is 0 Å². The zero-order valence-electron chi connectivity index (χ0n) is 2.93. The van der Waals surface area contributed by atoms with Crippen LogP contribution in [0, 0.1) is 0 Å². The van der Waals surface area contributed by atoms with Crippen LogP contribution in [0.5, 0.6) is 0 Å². The molecule has 0 radical (unpaired) electrons. The van der Waals surface area contributed by atoms with Crippen LogP contribution in [0.2, 0.25) is 0 Å². The molecule has 0 atom stereocenters. The predicted octanol–water partition coefficient (Wildman–Crippen LogP) is -3.13. The Balaban J connectivity index is -0.0000000105. The van der Waals surface area contributed by atoms with Crippen molar-refractivity contribution in [2.45, 2.75) is 0 Å². The summed E-state index contributed by atoms with van der Waals surface area (Å²) >= 11 is 0.611. The fourth-order valence-corrected chi connectivity index (χ4v) is 0. The van der Waals surface area contributed by atoms with E-state index in [1.807, 2.05) is 0 Å². The Kier molecular flexibility index (Phi) is 239. The van der Waals surface area contributed by atoms with Crippen LogP contribution in [0.4, 0.5) is 0 Å². The minimum absolute atomic E-state index is 0. The monoisotopic (exact) mass is 148 g/mol. The maximum absolute atomic E-state index is 8.40. The molecule has 0 unspecified atom stereocenters. The Hall–Kier alpha value is 0.876. The third-order valence-electron chi connectivity index (χ3n) is 0. The SMILES string of the molecule is O.O=[Si]=O.[MgH2].[O]=[AlH]. The molecule has 0 heterocycles. The molecule has 38 valence electrons.